The minimum absolute atomic E-state index is 0.636. The van der Waals surface area contributed by atoms with E-state index in [0.717, 1.165) is 19.5 Å². The molecule has 1 nitrogen and oxygen atoms in total. The number of hydrogen-bond donors (Lipinski definition) is 1. The lowest BCUT2D eigenvalue weighted by atomic mass is 10.0. The minimum atomic E-state index is 0.636. The van der Waals surface area contributed by atoms with Crippen molar-refractivity contribution in [2.24, 2.45) is 0 Å². The van der Waals surface area contributed by atoms with Gasteiger partial charge >= 0.3 is 0 Å². The van der Waals surface area contributed by atoms with Gasteiger partial charge in [0.1, 0.15) is 0 Å². The Morgan fingerprint density at radius 3 is 2.31 bits per heavy atom. The van der Waals surface area contributed by atoms with Gasteiger partial charge in [0.25, 0.3) is 0 Å². The fourth-order valence-electron chi connectivity index (χ4n) is 1.73. The molecule has 0 amide bonds. The molecule has 0 fully saturated rings. The van der Waals surface area contributed by atoms with E-state index < -0.39 is 0 Å². The SMILES string of the molecule is CCCCNCCc1ccc(C(C)C)cc1. The lowest BCUT2D eigenvalue weighted by Crippen LogP contribution is -2.18. The third-order valence-electron chi connectivity index (χ3n) is 2.94. The number of hydrogen-bond acceptors (Lipinski definition) is 1. The Morgan fingerprint density at radius 2 is 1.75 bits per heavy atom. The maximum absolute atomic E-state index is 3.47. The molecular weight excluding hydrogens is 194 g/mol. The standard InChI is InChI=1S/C15H25N/c1-4-5-11-16-12-10-14-6-8-15(9-7-14)13(2)3/h6-9,13,16H,4-5,10-12H2,1-3H3. The first-order valence-corrected chi connectivity index (χ1v) is 6.53. The van der Waals surface area contributed by atoms with Crippen LogP contribution in [0, 0.1) is 0 Å². The minimum Gasteiger partial charge on any atom is -0.316 e. The summed E-state index contributed by atoms with van der Waals surface area (Å²) in [5.74, 6) is 0.636. The molecule has 0 saturated heterocycles. The van der Waals surface area contributed by atoms with Crippen LogP contribution < -0.4 is 5.32 Å². The van der Waals surface area contributed by atoms with Crippen molar-refractivity contribution in [2.75, 3.05) is 13.1 Å². The highest BCUT2D eigenvalue weighted by Gasteiger charge is 1.98. The first kappa shape index (κ1) is 13.2. The van der Waals surface area contributed by atoms with Gasteiger partial charge in [0.15, 0.2) is 0 Å². The van der Waals surface area contributed by atoms with E-state index in [2.05, 4.69) is 50.4 Å². The first-order valence-electron chi connectivity index (χ1n) is 6.53. The average molecular weight is 219 g/mol. The summed E-state index contributed by atoms with van der Waals surface area (Å²) in [6.45, 7) is 8.95. The van der Waals surface area contributed by atoms with Gasteiger partial charge in [0.2, 0.25) is 0 Å². The Balaban J connectivity index is 2.27. The van der Waals surface area contributed by atoms with E-state index >= 15 is 0 Å². The zero-order valence-electron chi connectivity index (χ0n) is 10.9. The van der Waals surface area contributed by atoms with Crippen molar-refractivity contribution < 1.29 is 0 Å². The van der Waals surface area contributed by atoms with E-state index in [9.17, 15) is 0 Å². The topological polar surface area (TPSA) is 12.0 Å². The normalized spacial score (nSPS) is 11.0. The van der Waals surface area contributed by atoms with Crippen molar-refractivity contribution in [2.45, 2.75) is 46.0 Å². The van der Waals surface area contributed by atoms with Crippen LogP contribution in [-0.4, -0.2) is 13.1 Å². The predicted octanol–water partition coefficient (Wildman–Crippen LogP) is 3.74. The van der Waals surface area contributed by atoms with Crippen LogP contribution in [0.5, 0.6) is 0 Å². The van der Waals surface area contributed by atoms with Crippen LogP contribution in [0.25, 0.3) is 0 Å². The number of unbranched alkanes of at least 4 members (excludes halogenated alkanes) is 1. The predicted molar refractivity (Wildman–Crippen MR) is 72.0 cm³/mol. The first-order chi connectivity index (χ1) is 7.74. The van der Waals surface area contributed by atoms with Crippen LogP contribution in [0.2, 0.25) is 0 Å². The van der Waals surface area contributed by atoms with E-state index in [1.165, 1.54) is 24.0 Å². The fraction of sp³-hybridized carbons (Fsp3) is 0.600. The highest BCUT2D eigenvalue weighted by atomic mass is 14.8. The van der Waals surface area contributed by atoms with Crippen molar-refractivity contribution in [1.82, 2.24) is 5.32 Å². The second kappa shape index (κ2) is 7.45. The van der Waals surface area contributed by atoms with Crippen LogP contribution >= 0.6 is 0 Å². The van der Waals surface area contributed by atoms with Gasteiger partial charge in [-0.05, 0) is 43.0 Å². The zero-order valence-corrected chi connectivity index (χ0v) is 10.9. The van der Waals surface area contributed by atoms with Gasteiger partial charge in [-0.25, -0.2) is 0 Å². The van der Waals surface area contributed by atoms with E-state index in [1.807, 2.05) is 0 Å². The molecule has 0 aliphatic heterocycles. The van der Waals surface area contributed by atoms with Crippen molar-refractivity contribution in [3.05, 3.63) is 35.4 Å². The number of nitrogens with one attached hydrogen (secondary N) is 1. The maximum Gasteiger partial charge on any atom is -0.000835 e. The Morgan fingerprint density at radius 1 is 1.06 bits per heavy atom. The van der Waals surface area contributed by atoms with Crippen LogP contribution in [-0.2, 0) is 6.42 Å². The molecule has 1 rings (SSSR count). The molecule has 0 heterocycles. The largest absolute Gasteiger partial charge is 0.316 e. The lowest BCUT2D eigenvalue weighted by molar-refractivity contribution is 0.640. The van der Waals surface area contributed by atoms with Gasteiger partial charge in [-0.1, -0.05) is 51.5 Å². The molecule has 1 aromatic carbocycles. The van der Waals surface area contributed by atoms with Crippen LogP contribution in [0.3, 0.4) is 0 Å². The number of benzene rings is 1. The van der Waals surface area contributed by atoms with Crippen molar-refractivity contribution in [3.8, 4) is 0 Å². The summed E-state index contributed by atoms with van der Waals surface area (Å²) in [5.41, 5.74) is 2.87. The van der Waals surface area contributed by atoms with E-state index in [4.69, 9.17) is 0 Å². The summed E-state index contributed by atoms with van der Waals surface area (Å²) in [6.07, 6.45) is 3.70. The second-order valence-corrected chi connectivity index (χ2v) is 4.75. The summed E-state index contributed by atoms with van der Waals surface area (Å²) < 4.78 is 0. The highest BCUT2D eigenvalue weighted by Crippen LogP contribution is 2.14. The van der Waals surface area contributed by atoms with Gasteiger partial charge < -0.3 is 5.32 Å². The molecule has 0 atom stereocenters. The Hall–Kier alpha value is -0.820. The molecule has 0 bridgehead atoms. The zero-order chi connectivity index (χ0) is 11.8. The summed E-state index contributed by atoms with van der Waals surface area (Å²) >= 11 is 0. The van der Waals surface area contributed by atoms with Crippen molar-refractivity contribution in [1.29, 1.82) is 0 Å². The Kier molecular flexibility index (Phi) is 6.17. The quantitative estimate of drug-likeness (QED) is 0.689. The van der Waals surface area contributed by atoms with Gasteiger partial charge in [-0.3, -0.25) is 0 Å². The van der Waals surface area contributed by atoms with Crippen LogP contribution in [0.1, 0.15) is 50.7 Å². The van der Waals surface area contributed by atoms with Gasteiger partial charge in [-0.15, -0.1) is 0 Å². The molecule has 0 aliphatic carbocycles. The van der Waals surface area contributed by atoms with Crippen molar-refractivity contribution >= 4 is 0 Å². The van der Waals surface area contributed by atoms with E-state index in [1.54, 1.807) is 0 Å². The molecule has 0 aromatic heterocycles. The Labute approximate surface area is 100 Å². The third kappa shape index (κ3) is 4.80. The van der Waals surface area contributed by atoms with E-state index in [-0.39, 0.29) is 0 Å². The molecule has 1 aromatic rings. The smallest absolute Gasteiger partial charge is 0.000835 e. The van der Waals surface area contributed by atoms with Crippen LogP contribution in [0.15, 0.2) is 24.3 Å². The second-order valence-electron chi connectivity index (χ2n) is 4.75. The summed E-state index contributed by atoms with van der Waals surface area (Å²) in [6, 6.07) is 9.03. The summed E-state index contributed by atoms with van der Waals surface area (Å²) in [4.78, 5) is 0. The average Bonchev–Trinajstić information content (AvgIpc) is 2.29. The Bertz CT molecular complexity index is 274. The molecule has 90 valence electrons. The molecular formula is C15H25N. The monoisotopic (exact) mass is 219 g/mol. The maximum atomic E-state index is 3.47. The molecule has 1 heteroatoms. The van der Waals surface area contributed by atoms with Crippen LogP contribution in [0.4, 0.5) is 0 Å². The number of rotatable bonds is 7. The molecule has 0 spiro atoms. The molecule has 1 N–H and O–H groups in total. The highest BCUT2D eigenvalue weighted by molar-refractivity contribution is 5.24. The molecule has 0 unspecified atom stereocenters. The molecule has 0 saturated carbocycles. The molecule has 16 heavy (non-hydrogen) atoms. The summed E-state index contributed by atoms with van der Waals surface area (Å²) in [5, 5.41) is 3.47. The lowest BCUT2D eigenvalue weighted by Gasteiger charge is -2.07. The molecule has 0 radical (unpaired) electrons. The van der Waals surface area contributed by atoms with Gasteiger partial charge in [0.05, 0.1) is 0 Å². The van der Waals surface area contributed by atoms with E-state index in [0.29, 0.717) is 5.92 Å². The third-order valence-corrected chi connectivity index (χ3v) is 2.94. The summed E-state index contributed by atoms with van der Waals surface area (Å²) in [7, 11) is 0. The molecule has 0 aliphatic rings. The van der Waals surface area contributed by atoms with Gasteiger partial charge in [-0.2, -0.15) is 0 Å². The fourth-order valence-corrected chi connectivity index (χ4v) is 1.73. The van der Waals surface area contributed by atoms with Crippen molar-refractivity contribution in [3.63, 3.8) is 0 Å². The van der Waals surface area contributed by atoms with Gasteiger partial charge in [0, 0.05) is 0 Å².